The van der Waals surface area contributed by atoms with E-state index < -0.39 is 9.96 Å². The molecule has 0 saturated heterocycles. The summed E-state index contributed by atoms with van der Waals surface area (Å²) in [6.07, 6.45) is -0.505. The van der Waals surface area contributed by atoms with Gasteiger partial charge in [0.05, 0.1) is 0 Å². The molecule has 0 aliphatic carbocycles. The van der Waals surface area contributed by atoms with Crippen LogP contribution in [0.25, 0.3) is 0 Å². The predicted molar refractivity (Wildman–Crippen MR) is 83.8 cm³/mol. The van der Waals surface area contributed by atoms with Gasteiger partial charge in [-0.05, 0) is 30.8 Å². The number of benzene rings is 1. The number of hydrogen-bond donors (Lipinski definition) is 3. The number of carbonyl (C=O) groups excluding carboxylic acids is 1. The van der Waals surface area contributed by atoms with Crippen molar-refractivity contribution >= 4 is 64.2 Å². The monoisotopic (exact) mass is 339 g/mol. The number of aryl methyl sites for hydroxylation is 1. The number of amides is 1. The van der Waals surface area contributed by atoms with Gasteiger partial charge in [-0.25, -0.2) is 0 Å². The lowest BCUT2D eigenvalue weighted by atomic mass is 10.2. The van der Waals surface area contributed by atoms with Crippen LogP contribution in [0.3, 0.4) is 0 Å². The molecule has 0 radical (unpaired) electrons. The standard InChI is InChI=1S/C11H12Cl3N3OS/c1-7-4-2-3-5-8(7)16-10(19)17-9(15-6-18)11(12,13)14/h2-6,9H,1H3,(H,15,18)(H2,16,17,19). The molecular weight excluding hydrogens is 329 g/mol. The van der Waals surface area contributed by atoms with Gasteiger partial charge in [-0.15, -0.1) is 0 Å². The number of alkyl halides is 3. The Bertz CT molecular complexity index is 465. The number of carbonyl (C=O) groups is 1. The lowest BCUT2D eigenvalue weighted by Gasteiger charge is -2.26. The first-order chi connectivity index (χ1) is 8.84. The topological polar surface area (TPSA) is 53.2 Å². The fourth-order valence-corrected chi connectivity index (χ4v) is 1.87. The van der Waals surface area contributed by atoms with E-state index >= 15 is 0 Å². The highest BCUT2D eigenvalue weighted by Gasteiger charge is 2.32. The quantitative estimate of drug-likeness (QED) is 0.341. The Balaban J connectivity index is 2.68. The Morgan fingerprint density at radius 1 is 1.37 bits per heavy atom. The van der Waals surface area contributed by atoms with Crippen LogP contribution in [0.2, 0.25) is 0 Å². The summed E-state index contributed by atoms with van der Waals surface area (Å²) in [6, 6.07) is 7.57. The Hall–Kier alpha value is -0.750. The zero-order chi connectivity index (χ0) is 14.5. The smallest absolute Gasteiger partial charge is 0.228 e. The molecule has 0 saturated carbocycles. The number of halogens is 3. The molecule has 0 spiro atoms. The molecule has 1 atom stereocenters. The molecule has 1 aromatic rings. The highest BCUT2D eigenvalue weighted by molar-refractivity contribution is 7.80. The van der Waals surface area contributed by atoms with Crippen LogP contribution in [0.15, 0.2) is 24.3 Å². The van der Waals surface area contributed by atoms with Crippen LogP contribution in [0.5, 0.6) is 0 Å². The molecule has 1 amide bonds. The van der Waals surface area contributed by atoms with Crippen molar-refractivity contribution in [3.63, 3.8) is 0 Å². The predicted octanol–water partition coefficient (Wildman–Crippen LogP) is 2.72. The van der Waals surface area contributed by atoms with Gasteiger partial charge >= 0.3 is 0 Å². The van der Waals surface area contributed by atoms with Crippen LogP contribution in [0, 0.1) is 6.92 Å². The van der Waals surface area contributed by atoms with E-state index in [0.29, 0.717) is 6.41 Å². The van der Waals surface area contributed by atoms with Crippen molar-refractivity contribution in [2.45, 2.75) is 16.9 Å². The first-order valence-electron chi connectivity index (χ1n) is 5.24. The van der Waals surface area contributed by atoms with Crippen molar-refractivity contribution in [2.75, 3.05) is 5.32 Å². The minimum absolute atomic E-state index is 0.236. The SMILES string of the molecule is Cc1ccccc1NC(=S)NC(NC=O)C(Cl)(Cl)Cl. The van der Waals surface area contributed by atoms with Gasteiger partial charge in [0.2, 0.25) is 10.2 Å². The molecule has 4 nitrogen and oxygen atoms in total. The molecule has 104 valence electrons. The Kier molecular flexibility index (Phi) is 6.13. The summed E-state index contributed by atoms with van der Waals surface area (Å²) in [6.45, 7) is 1.93. The number of hydrogen-bond acceptors (Lipinski definition) is 2. The van der Waals surface area contributed by atoms with Gasteiger partial charge in [0, 0.05) is 5.69 Å². The van der Waals surface area contributed by atoms with Gasteiger partial charge in [-0.2, -0.15) is 0 Å². The lowest BCUT2D eigenvalue weighted by Crippen LogP contribution is -2.54. The summed E-state index contributed by atoms with van der Waals surface area (Å²) >= 11 is 22.2. The van der Waals surface area contributed by atoms with Gasteiger partial charge < -0.3 is 16.0 Å². The average Bonchev–Trinajstić information content (AvgIpc) is 2.30. The van der Waals surface area contributed by atoms with Crippen LogP contribution < -0.4 is 16.0 Å². The fraction of sp³-hybridized carbons (Fsp3) is 0.273. The molecule has 0 aliphatic rings. The van der Waals surface area contributed by atoms with Crippen LogP contribution in [-0.2, 0) is 4.79 Å². The normalized spacial score (nSPS) is 12.4. The molecule has 0 bridgehead atoms. The minimum Gasteiger partial charge on any atom is -0.339 e. The largest absolute Gasteiger partial charge is 0.339 e. The van der Waals surface area contributed by atoms with E-state index in [2.05, 4.69) is 16.0 Å². The molecule has 1 unspecified atom stereocenters. The molecule has 8 heteroatoms. The highest BCUT2D eigenvalue weighted by atomic mass is 35.6. The summed E-state index contributed by atoms with van der Waals surface area (Å²) in [5.41, 5.74) is 1.84. The number of anilines is 1. The van der Waals surface area contributed by atoms with Gasteiger partial charge in [-0.3, -0.25) is 4.79 Å². The Morgan fingerprint density at radius 2 is 2.00 bits per heavy atom. The molecular formula is C11H12Cl3N3OS. The molecule has 0 heterocycles. The van der Waals surface area contributed by atoms with Crippen molar-refractivity contribution in [2.24, 2.45) is 0 Å². The van der Waals surface area contributed by atoms with Gasteiger partial charge in [0.1, 0.15) is 6.17 Å². The Labute approximate surface area is 131 Å². The van der Waals surface area contributed by atoms with Gasteiger partial charge in [0.15, 0.2) is 5.11 Å². The van der Waals surface area contributed by atoms with Crippen molar-refractivity contribution in [3.05, 3.63) is 29.8 Å². The van der Waals surface area contributed by atoms with Gasteiger partial charge in [0.25, 0.3) is 0 Å². The van der Waals surface area contributed by atoms with E-state index in [1.807, 2.05) is 31.2 Å². The lowest BCUT2D eigenvalue weighted by molar-refractivity contribution is -0.110. The summed E-state index contributed by atoms with van der Waals surface area (Å²) in [5.74, 6) is 0. The first-order valence-corrected chi connectivity index (χ1v) is 6.78. The second kappa shape index (κ2) is 7.14. The van der Waals surface area contributed by atoms with Crippen molar-refractivity contribution in [1.29, 1.82) is 0 Å². The summed E-state index contributed by atoms with van der Waals surface area (Å²) in [4.78, 5) is 10.5. The molecule has 0 aromatic heterocycles. The van der Waals surface area contributed by atoms with Crippen LogP contribution in [0.1, 0.15) is 5.56 Å². The second-order valence-electron chi connectivity index (χ2n) is 3.67. The van der Waals surface area contributed by atoms with Crippen LogP contribution in [0.4, 0.5) is 5.69 Å². The van der Waals surface area contributed by atoms with E-state index in [-0.39, 0.29) is 5.11 Å². The molecule has 0 aliphatic heterocycles. The summed E-state index contributed by atoms with van der Waals surface area (Å²) < 4.78 is -1.72. The first kappa shape index (κ1) is 16.3. The fourth-order valence-electron chi connectivity index (χ4n) is 1.29. The maximum absolute atomic E-state index is 10.5. The third-order valence-corrected chi connectivity index (χ3v) is 3.11. The maximum Gasteiger partial charge on any atom is 0.228 e. The maximum atomic E-state index is 10.5. The van der Waals surface area contributed by atoms with E-state index in [4.69, 9.17) is 47.0 Å². The zero-order valence-electron chi connectivity index (χ0n) is 9.91. The third kappa shape index (κ3) is 5.40. The second-order valence-corrected chi connectivity index (χ2v) is 6.45. The number of para-hydroxylation sites is 1. The summed E-state index contributed by atoms with van der Waals surface area (Å²) in [5, 5.41) is 8.25. The van der Waals surface area contributed by atoms with Crippen molar-refractivity contribution in [3.8, 4) is 0 Å². The Morgan fingerprint density at radius 3 is 2.53 bits per heavy atom. The van der Waals surface area contributed by atoms with E-state index in [9.17, 15) is 4.79 Å². The van der Waals surface area contributed by atoms with E-state index in [0.717, 1.165) is 11.3 Å². The summed E-state index contributed by atoms with van der Waals surface area (Å²) in [7, 11) is 0. The van der Waals surface area contributed by atoms with Crippen LogP contribution >= 0.6 is 47.0 Å². The average molecular weight is 341 g/mol. The van der Waals surface area contributed by atoms with E-state index in [1.165, 1.54) is 0 Å². The minimum atomic E-state index is -1.72. The molecule has 1 aromatic carbocycles. The van der Waals surface area contributed by atoms with E-state index in [1.54, 1.807) is 0 Å². The van der Waals surface area contributed by atoms with Crippen LogP contribution in [-0.4, -0.2) is 21.5 Å². The zero-order valence-corrected chi connectivity index (χ0v) is 13.0. The number of thiocarbonyl (C=S) groups is 1. The number of nitrogens with one attached hydrogen (secondary N) is 3. The third-order valence-electron chi connectivity index (χ3n) is 2.23. The highest BCUT2D eigenvalue weighted by Crippen LogP contribution is 2.28. The number of rotatable bonds is 4. The molecule has 3 N–H and O–H groups in total. The van der Waals surface area contributed by atoms with Crippen molar-refractivity contribution in [1.82, 2.24) is 10.6 Å². The molecule has 19 heavy (non-hydrogen) atoms. The molecule has 1 rings (SSSR count). The molecule has 0 fully saturated rings. The van der Waals surface area contributed by atoms with Crippen molar-refractivity contribution < 1.29 is 4.79 Å². The van der Waals surface area contributed by atoms with Gasteiger partial charge in [-0.1, -0.05) is 53.0 Å².